The molecule has 2 aromatic heterocycles. The fraction of sp³-hybridized carbons (Fsp3) is 0.318. The lowest BCUT2D eigenvalue weighted by molar-refractivity contribution is 0.0957. The van der Waals surface area contributed by atoms with Gasteiger partial charge in [0.1, 0.15) is 11.5 Å². The third-order valence-electron chi connectivity index (χ3n) is 5.68. The van der Waals surface area contributed by atoms with Crippen molar-refractivity contribution < 1.29 is 18.0 Å². The summed E-state index contributed by atoms with van der Waals surface area (Å²) in [5.41, 5.74) is 0.135. The molecular formula is C22H22F3N5O2. The van der Waals surface area contributed by atoms with Crippen molar-refractivity contribution in [2.75, 3.05) is 38.1 Å². The number of halogens is 3. The van der Waals surface area contributed by atoms with Crippen molar-refractivity contribution in [1.29, 1.82) is 0 Å². The normalized spacial score (nSPS) is 14.7. The Bertz CT molecular complexity index is 1250. The van der Waals surface area contributed by atoms with E-state index in [-0.39, 0.29) is 34.4 Å². The number of aryl methyl sites for hydroxylation is 1. The molecule has 3 heterocycles. The molecule has 1 aliphatic heterocycles. The van der Waals surface area contributed by atoms with Crippen LogP contribution in [0.2, 0.25) is 0 Å². The molecule has 1 saturated heterocycles. The molecule has 1 amide bonds. The van der Waals surface area contributed by atoms with E-state index >= 15 is 0 Å². The second kappa shape index (κ2) is 8.62. The van der Waals surface area contributed by atoms with E-state index in [4.69, 9.17) is 0 Å². The lowest BCUT2D eigenvalue weighted by Crippen LogP contribution is -2.46. The highest BCUT2D eigenvalue weighted by Gasteiger charge is 2.23. The van der Waals surface area contributed by atoms with Gasteiger partial charge in [-0.25, -0.2) is 13.8 Å². The molecule has 3 aromatic rings. The first-order valence-corrected chi connectivity index (χ1v) is 10.1. The predicted octanol–water partition coefficient (Wildman–Crippen LogP) is 2.33. The molecule has 0 unspecified atom stereocenters. The van der Waals surface area contributed by atoms with Gasteiger partial charge in [0.05, 0.1) is 11.2 Å². The van der Waals surface area contributed by atoms with Crippen molar-refractivity contribution in [1.82, 2.24) is 20.2 Å². The van der Waals surface area contributed by atoms with Gasteiger partial charge in [-0.3, -0.25) is 14.5 Å². The molecule has 0 aliphatic carbocycles. The van der Waals surface area contributed by atoms with E-state index < -0.39 is 29.0 Å². The van der Waals surface area contributed by atoms with Gasteiger partial charge in [-0.1, -0.05) is 0 Å². The number of rotatable bonds is 4. The first kappa shape index (κ1) is 21.8. The zero-order valence-corrected chi connectivity index (χ0v) is 17.6. The molecular weight excluding hydrogens is 423 g/mol. The van der Waals surface area contributed by atoms with Crippen LogP contribution >= 0.6 is 0 Å². The van der Waals surface area contributed by atoms with Crippen LogP contribution in [0.3, 0.4) is 0 Å². The lowest BCUT2D eigenvalue weighted by Gasteiger charge is -2.36. The van der Waals surface area contributed by atoms with Gasteiger partial charge >= 0.3 is 0 Å². The molecule has 1 aliphatic rings. The third-order valence-corrected chi connectivity index (χ3v) is 5.68. The number of amides is 1. The number of hydrogen-bond donors (Lipinski definition) is 2. The highest BCUT2D eigenvalue weighted by molar-refractivity contribution is 5.92. The number of nitrogens with one attached hydrogen (secondary N) is 2. The summed E-state index contributed by atoms with van der Waals surface area (Å²) in [5.74, 6) is -2.46. The number of piperazine rings is 1. The molecule has 168 valence electrons. The number of anilines is 1. The number of carbonyl (C=O) groups excluding carboxylic acids is 1. The number of carbonyl (C=O) groups is 1. The number of nitrogens with zero attached hydrogens (tertiary/aromatic N) is 3. The first-order valence-electron chi connectivity index (χ1n) is 10.1. The van der Waals surface area contributed by atoms with Gasteiger partial charge in [-0.05, 0) is 31.2 Å². The molecule has 1 aromatic carbocycles. The third kappa shape index (κ3) is 4.05. The lowest BCUT2D eigenvalue weighted by atomic mass is 10.1. The molecule has 0 saturated carbocycles. The molecule has 0 bridgehead atoms. The number of pyridine rings is 2. The molecule has 32 heavy (non-hydrogen) atoms. The van der Waals surface area contributed by atoms with E-state index in [0.29, 0.717) is 31.7 Å². The Balaban J connectivity index is 1.48. The van der Waals surface area contributed by atoms with Crippen molar-refractivity contribution in [2.45, 2.75) is 13.5 Å². The van der Waals surface area contributed by atoms with Gasteiger partial charge in [-0.2, -0.15) is 4.39 Å². The Labute approximate surface area is 181 Å². The van der Waals surface area contributed by atoms with Crippen LogP contribution < -0.4 is 15.8 Å². The number of fused-ring (bicyclic) bond motifs is 1. The van der Waals surface area contributed by atoms with Crippen molar-refractivity contribution in [3.8, 4) is 0 Å². The summed E-state index contributed by atoms with van der Waals surface area (Å²) in [5, 5.41) is 2.43. The number of aromatic amines is 1. The van der Waals surface area contributed by atoms with Gasteiger partial charge in [-0.15, -0.1) is 0 Å². The number of aromatic nitrogens is 2. The van der Waals surface area contributed by atoms with Crippen LogP contribution in [0.1, 0.15) is 21.6 Å². The first-order chi connectivity index (χ1) is 15.3. The van der Waals surface area contributed by atoms with E-state index in [0.717, 1.165) is 6.07 Å². The summed E-state index contributed by atoms with van der Waals surface area (Å²) in [7, 11) is 1.44. The fourth-order valence-corrected chi connectivity index (χ4v) is 3.87. The Morgan fingerprint density at radius 3 is 2.53 bits per heavy atom. The maximum atomic E-state index is 15.0. The molecule has 7 nitrogen and oxygen atoms in total. The van der Waals surface area contributed by atoms with Crippen LogP contribution in [-0.2, 0) is 6.54 Å². The topological polar surface area (TPSA) is 81.3 Å². The van der Waals surface area contributed by atoms with Crippen LogP contribution in [0.15, 0.2) is 29.1 Å². The summed E-state index contributed by atoms with van der Waals surface area (Å²) in [6.45, 7) is 3.56. The van der Waals surface area contributed by atoms with Gasteiger partial charge < -0.3 is 15.2 Å². The fourth-order valence-electron chi connectivity index (χ4n) is 3.87. The zero-order chi connectivity index (χ0) is 23.0. The Morgan fingerprint density at radius 2 is 1.88 bits per heavy atom. The van der Waals surface area contributed by atoms with E-state index in [2.05, 4.69) is 15.3 Å². The Hall–Kier alpha value is -3.40. The van der Waals surface area contributed by atoms with Crippen LogP contribution in [0.25, 0.3) is 10.9 Å². The summed E-state index contributed by atoms with van der Waals surface area (Å²) >= 11 is 0. The van der Waals surface area contributed by atoms with Crippen LogP contribution in [0, 0.1) is 24.5 Å². The van der Waals surface area contributed by atoms with Crippen LogP contribution in [0.5, 0.6) is 0 Å². The average molecular weight is 445 g/mol. The van der Waals surface area contributed by atoms with Gasteiger partial charge in [0.2, 0.25) is 5.95 Å². The Kier molecular flexibility index (Phi) is 5.88. The second-order valence-corrected chi connectivity index (χ2v) is 7.75. The van der Waals surface area contributed by atoms with E-state index in [1.807, 2.05) is 4.90 Å². The summed E-state index contributed by atoms with van der Waals surface area (Å²) < 4.78 is 43.9. The predicted molar refractivity (Wildman–Crippen MR) is 114 cm³/mol. The highest BCUT2D eigenvalue weighted by Crippen LogP contribution is 2.25. The highest BCUT2D eigenvalue weighted by atomic mass is 19.1. The van der Waals surface area contributed by atoms with Crippen molar-refractivity contribution in [3.63, 3.8) is 0 Å². The molecule has 2 N–H and O–H groups in total. The molecule has 1 fully saturated rings. The SMILES string of the molecule is CNC(=O)c1ccc(N2CCN(Cc3cc(F)c4cc(C)c(=O)[nH]c4c3F)CC2)c(F)n1. The van der Waals surface area contributed by atoms with Crippen molar-refractivity contribution >= 4 is 22.5 Å². The van der Waals surface area contributed by atoms with E-state index in [1.165, 1.54) is 32.2 Å². The number of benzene rings is 1. The summed E-state index contributed by atoms with van der Waals surface area (Å²) in [6, 6.07) is 5.47. The quantitative estimate of drug-likeness (QED) is 0.603. The monoisotopic (exact) mass is 445 g/mol. The minimum atomic E-state index is -0.735. The largest absolute Gasteiger partial charge is 0.365 e. The molecule has 0 atom stereocenters. The maximum absolute atomic E-state index is 15.0. The van der Waals surface area contributed by atoms with Crippen molar-refractivity contribution in [3.05, 3.63) is 69.0 Å². The Morgan fingerprint density at radius 1 is 1.16 bits per heavy atom. The average Bonchev–Trinajstić information content (AvgIpc) is 2.78. The van der Waals surface area contributed by atoms with Gasteiger partial charge in [0.15, 0.2) is 5.82 Å². The minimum Gasteiger partial charge on any atom is -0.365 e. The molecule has 0 radical (unpaired) electrons. The molecule has 4 rings (SSSR count). The second-order valence-electron chi connectivity index (χ2n) is 7.75. The maximum Gasteiger partial charge on any atom is 0.269 e. The van der Waals surface area contributed by atoms with Crippen LogP contribution in [-0.4, -0.2) is 54.0 Å². The number of H-pyrrole nitrogens is 1. The summed E-state index contributed by atoms with van der Waals surface area (Å²) in [6.07, 6.45) is 0. The zero-order valence-electron chi connectivity index (χ0n) is 17.6. The van der Waals surface area contributed by atoms with Crippen molar-refractivity contribution in [2.24, 2.45) is 0 Å². The van der Waals surface area contributed by atoms with E-state index in [9.17, 15) is 22.8 Å². The molecule has 10 heteroatoms. The van der Waals surface area contributed by atoms with E-state index in [1.54, 1.807) is 4.90 Å². The number of hydrogen-bond acceptors (Lipinski definition) is 5. The van der Waals surface area contributed by atoms with Crippen LogP contribution in [0.4, 0.5) is 18.9 Å². The summed E-state index contributed by atoms with van der Waals surface area (Å²) in [4.78, 5) is 33.3. The molecule has 0 spiro atoms. The smallest absolute Gasteiger partial charge is 0.269 e. The standard InChI is InChI=1S/C22H22F3N5O2/c1-12-9-14-15(23)10-13(18(24)19(14)28-21(12)31)11-29-5-7-30(8-6-29)17-4-3-16(22(32)26-2)27-20(17)25/h3-4,9-10H,5-8,11H2,1-2H3,(H,26,32)(H,28,31). The minimum absolute atomic E-state index is 0.00516. The van der Waals surface area contributed by atoms with Gasteiger partial charge in [0, 0.05) is 56.3 Å². The van der Waals surface area contributed by atoms with Gasteiger partial charge in [0.25, 0.3) is 11.5 Å².